The lowest BCUT2D eigenvalue weighted by molar-refractivity contribution is -0.123. The number of rotatable bonds is 5. The maximum absolute atomic E-state index is 11.3. The summed E-state index contributed by atoms with van der Waals surface area (Å²) in [5.41, 5.74) is 0. The molecule has 2 atom stereocenters. The Morgan fingerprint density at radius 2 is 2.12 bits per heavy atom. The van der Waals surface area contributed by atoms with Crippen molar-refractivity contribution in [1.29, 1.82) is 0 Å². The van der Waals surface area contributed by atoms with Gasteiger partial charge in [-0.15, -0.1) is 0 Å². The van der Waals surface area contributed by atoms with E-state index in [0.717, 1.165) is 19.6 Å². The van der Waals surface area contributed by atoms with Crippen LogP contribution in [0.5, 0.6) is 0 Å². The van der Waals surface area contributed by atoms with E-state index in [1.165, 1.54) is 6.42 Å². The summed E-state index contributed by atoms with van der Waals surface area (Å²) >= 11 is 0. The highest BCUT2D eigenvalue weighted by Gasteiger charge is 2.25. The number of hydrogen-bond acceptors (Lipinski definition) is 3. The molecule has 1 saturated heterocycles. The molecule has 4 nitrogen and oxygen atoms in total. The molecule has 0 saturated carbocycles. The average Bonchev–Trinajstić information content (AvgIpc) is 2.53. The van der Waals surface area contributed by atoms with E-state index in [4.69, 9.17) is 0 Å². The number of carbonyl (C=O) groups is 1. The van der Waals surface area contributed by atoms with E-state index in [9.17, 15) is 4.79 Å². The van der Waals surface area contributed by atoms with Gasteiger partial charge in [-0.1, -0.05) is 13.8 Å². The SMILES string of the molecule is CC(C)C(=O)NCCNC1CC(C)N(C)C1. The fraction of sp³-hybridized carbons (Fsp3) is 0.917. The van der Waals surface area contributed by atoms with Crippen LogP contribution in [0.1, 0.15) is 27.2 Å². The highest BCUT2D eigenvalue weighted by molar-refractivity contribution is 5.77. The summed E-state index contributed by atoms with van der Waals surface area (Å²) in [6.45, 7) is 8.78. The third-order valence-electron chi connectivity index (χ3n) is 3.27. The van der Waals surface area contributed by atoms with Crippen molar-refractivity contribution in [3.05, 3.63) is 0 Å². The molecule has 0 aliphatic carbocycles. The van der Waals surface area contributed by atoms with Crippen LogP contribution in [0.4, 0.5) is 0 Å². The van der Waals surface area contributed by atoms with Crippen LogP contribution in [0.2, 0.25) is 0 Å². The van der Waals surface area contributed by atoms with Crippen LogP contribution >= 0.6 is 0 Å². The van der Waals surface area contributed by atoms with Gasteiger partial charge in [0.1, 0.15) is 0 Å². The number of nitrogens with zero attached hydrogens (tertiary/aromatic N) is 1. The summed E-state index contributed by atoms with van der Waals surface area (Å²) in [6, 6.07) is 1.25. The van der Waals surface area contributed by atoms with Gasteiger partial charge in [0.05, 0.1) is 0 Å². The van der Waals surface area contributed by atoms with Crippen LogP contribution in [0.3, 0.4) is 0 Å². The maximum Gasteiger partial charge on any atom is 0.222 e. The molecule has 1 heterocycles. The molecule has 1 amide bonds. The van der Waals surface area contributed by atoms with Crippen molar-refractivity contribution in [3.8, 4) is 0 Å². The topological polar surface area (TPSA) is 44.4 Å². The molecule has 0 spiro atoms. The van der Waals surface area contributed by atoms with Crippen LogP contribution in [0.15, 0.2) is 0 Å². The van der Waals surface area contributed by atoms with Crippen molar-refractivity contribution < 1.29 is 4.79 Å². The molecule has 0 aromatic carbocycles. The Balaban J connectivity index is 2.06. The van der Waals surface area contributed by atoms with Gasteiger partial charge in [-0.2, -0.15) is 0 Å². The Labute approximate surface area is 98.8 Å². The van der Waals surface area contributed by atoms with E-state index < -0.39 is 0 Å². The monoisotopic (exact) mass is 227 g/mol. The Morgan fingerprint density at radius 1 is 1.44 bits per heavy atom. The Hall–Kier alpha value is -0.610. The molecule has 0 aromatic rings. The minimum Gasteiger partial charge on any atom is -0.355 e. The first-order chi connectivity index (χ1) is 7.50. The van der Waals surface area contributed by atoms with E-state index in [2.05, 4.69) is 29.5 Å². The van der Waals surface area contributed by atoms with Crippen LogP contribution in [-0.2, 0) is 4.79 Å². The summed E-state index contributed by atoms with van der Waals surface area (Å²) in [5, 5.41) is 6.39. The Bertz CT molecular complexity index is 220. The predicted octanol–water partition coefficient (Wildman–Crippen LogP) is 0.441. The van der Waals surface area contributed by atoms with Crippen molar-refractivity contribution in [3.63, 3.8) is 0 Å². The first-order valence-corrected chi connectivity index (χ1v) is 6.22. The van der Waals surface area contributed by atoms with Gasteiger partial charge in [-0.05, 0) is 20.4 Å². The van der Waals surface area contributed by atoms with Gasteiger partial charge >= 0.3 is 0 Å². The zero-order chi connectivity index (χ0) is 12.1. The van der Waals surface area contributed by atoms with Crippen molar-refractivity contribution in [1.82, 2.24) is 15.5 Å². The highest BCUT2D eigenvalue weighted by atomic mass is 16.1. The molecule has 1 rings (SSSR count). The van der Waals surface area contributed by atoms with Crippen LogP contribution in [-0.4, -0.2) is 49.6 Å². The fourth-order valence-corrected chi connectivity index (χ4v) is 2.01. The summed E-state index contributed by atoms with van der Waals surface area (Å²) < 4.78 is 0. The molecule has 2 unspecified atom stereocenters. The van der Waals surface area contributed by atoms with Gasteiger partial charge < -0.3 is 15.5 Å². The second kappa shape index (κ2) is 6.21. The van der Waals surface area contributed by atoms with Gasteiger partial charge in [0.2, 0.25) is 5.91 Å². The van der Waals surface area contributed by atoms with Crippen molar-refractivity contribution >= 4 is 5.91 Å². The molecule has 0 radical (unpaired) electrons. The number of likely N-dealkylation sites (N-methyl/N-ethyl adjacent to an activating group) is 1. The molecule has 1 aliphatic rings. The molecule has 4 heteroatoms. The molecule has 0 bridgehead atoms. The van der Waals surface area contributed by atoms with Crippen LogP contribution in [0.25, 0.3) is 0 Å². The van der Waals surface area contributed by atoms with Gasteiger partial charge in [0, 0.05) is 37.6 Å². The van der Waals surface area contributed by atoms with Crippen molar-refractivity contribution in [2.75, 3.05) is 26.7 Å². The van der Waals surface area contributed by atoms with E-state index in [-0.39, 0.29) is 11.8 Å². The van der Waals surface area contributed by atoms with Gasteiger partial charge in [0.15, 0.2) is 0 Å². The molecular formula is C12H25N3O. The Morgan fingerprint density at radius 3 is 2.62 bits per heavy atom. The summed E-state index contributed by atoms with van der Waals surface area (Å²) in [7, 11) is 2.16. The van der Waals surface area contributed by atoms with Crippen molar-refractivity contribution in [2.45, 2.75) is 39.3 Å². The number of nitrogens with one attached hydrogen (secondary N) is 2. The molecule has 1 fully saturated rings. The zero-order valence-electron chi connectivity index (χ0n) is 10.9. The lowest BCUT2D eigenvalue weighted by Gasteiger charge is -2.14. The summed E-state index contributed by atoms with van der Waals surface area (Å²) in [6.07, 6.45) is 1.20. The zero-order valence-corrected chi connectivity index (χ0v) is 10.9. The largest absolute Gasteiger partial charge is 0.355 e. The first-order valence-electron chi connectivity index (χ1n) is 6.22. The molecular weight excluding hydrogens is 202 g/mol. The minimum absolute atomic E-state index is 0.0811. The number of carbonyl (C=O) groups excluding carboxylic acids is 1. The van der Waals surface area contributed by atoms with E-state index in [1.807, 2.05) is 13.8 Å². The molecule has 0 aromatic heterocycles. The lowest BCUT2D eigenvalue weighted by atomic mass is 10.2. The van der Waals surface area contributed by atoms with Crippen LogP contribution in [0, 0.1) is 5.92 Å². The average molecular weight is 227 g/mol. The molecule has 16 heavy (non-hydrogen) atoms. The number of amides is 1. The normalized spacial score (nSPS) is 26.3. The summed E-state index contributed by atoms with van der Waals surface area (Å²) in [4.78, 5) is 13.7. The maximum atomic E-state index is 11.3. The van der Waals surface area contributed by atoms with Gasteiger partial charge in [-0.25, -0.2) is 0 Å². The second-order valence-corrected chi connectivity index (χ2v) is 5.12. The standard InChI is InChI=1S/C12H25N3O/c1-9(2)12(16)14-6-5-13-11-7-10(3)15(4)8-11/h9-11,13H,5-8H2,1-4H3,(H,14,16). The number of likely N-dealkylation sites (tertiary alicyclic amines) is 1. The fourth-order valence-electron chi connectivity index (χ4n) is 2.01. The second-order valence-electron chi connectivity index (χ2n) is 5.12. The molecule has 2 N–H and O–H groups in total. The highest BCUT2D eigenvalue weighted by Crippen LogP contribution is 2.14. The smallest absolute Gasteiger partial charge is 0.222 e. The first kappa shape index (κ1) is 13.5. The molecule has 1 aliphatic heterocycles. The quantitative estimate of drug-likeness (QED) is 0.670. The van der Waals surface area contributed by atoms with Gasteiger partial charge in [-0.3, -0.25) is 4.79 Å². The number of hydrogen-bond donors (Lipinski definition) is 2. The lowest BCUT2D eigenvalue weighted by Crippen LogP contribution is -2.39. The minimum atomic E-state index is 0.0811. The molecule has 94 valence electrons. The Kier molecular flexibility index (Phi) is 5.22. The summed E-state index contributed by atoms with van der Waals surface area (Å²) in [5.74, 6) is 0.219. The van der Waals surface area contributed by atoms with Crippen LogP contribution < -0.4 is 10.6 Å². The van der Waals surface area contributed by atoms with Gasteiger partial charge in [0.25, 0.3) is 0 Å². The van der Waals surface area contributed by atoms with Crippen molar-refractivity contribution in [2.24, 2.45) is 5.92 Å². The third kappa shape index (κ3) is 4.10. The van der Waals surface area contributed by atoms with E-state index in [0.29, 0.717) is 12.1 Å². The predicted molar refractivity (Wildman–Crippen MR) is 66.3 cm³/mol. The van der Waals surface area contributed by atoms with E-state index >= 15 is 0 Å². The third-order valence-corrected chi connectivity index (χ3v) is 3.27. The van der Waals surface area contributed by atoms with E-state index in [1.54, 1.807) is 0 Å².